The molecule has 0 N–H and O–H groups in total. The van der Waals surface area contributed by atoms with Crippen LogP contribution in [-0.4, -0.2) is 41.9 Å². The molecule has 0 atom stereocenters. The molecule has 0 aliphatic carbocycles. The molecule has 1 aliphatic heterocycles. The maximum atomic E-state index is 5.24. The van der Waals surface area contributed by atoms with Gasteiger partial charge in [-0.2, -0.15) is 0 Å². The second-order valence-corrected chi connectivity index (χ2v) is 21.6. The van der Waals surface area contributed by atoms with Crippen LogP contribution >= 0.6 is 0 Å². The van der Waals surface area contributed by atoms with Gasteiger partial charge in [-0.1, -0.05) is 0 Å². The van der Waals surface area contributed by atoms with Crippen LogP contribution in [0.2, 0.25) is 14.8 Å². The summed E-state index contributed by atoms with van der Waals surface area (Å²) in [7, 11) is 1.71. The Labute approximate surface area is 143 Å². The van der Waals surface area contributed by atoms with Gasteiger partial charge in [0, 0.05) is 0 Å². The van der Waals surface area contributed by atoms with E-state index in [1.807, 2.05) is 18.3 Å². The Balaban J connectivity index is 1.75. The number of methoxy groups -OCH3 is 1. The van der Waals surface area contributed by atoms with Crippen molar-refractivity contribution in [1.82, 2.24) is 9.88 Å². The first-order valence-corrected chi connectivity index (χ1v) is 18.3. The third-order valence-electron chi connectivity index (χ3n) is 4.50. The number of nitrogens with zero attached hydrogens (tertiary/aromatic N) is 2. The molecule has 0 saturated carbocycles. The van der Waals surface area contributed by atoms with Crippen LogP contribution in [-0.2, 0) is 19.5 Å². The number of hydrogen-bond donors (Lipinski definition) is 0. The molecule has 2 aromatic rings. The summed E-state index contributed by atoms with van der Waals surface area (Å²) in [5.74, 6) is 0.922. The Morgan fingerprint density at radius 2 is 1.87 bits per heavy atom. The molecule has 0 amide bonds. The van der Waals surface area contributed by atoms with Crippen LogP contribution in [0.25, 0.3) is 0 Å². The number of benzene rings is 1. The fraction of sp³-hybridized carbons (Fsp3) is 0.421. The Hall–Kier alpha value is -1.07. The third kappa shape index (κ3) is 3.89. The Morgan fingerprint density at radius 1 is 1.13 bits per heavy atom. The molecule has 1 aromatic heterocycles. The molecule has 23 heavy (non-hydrogen) atoms. The summed E-state index contributed by atoms with van der Waals surface area (Å²) < 4.78 is 6.71. The van der Waals surface area contributed by atoms with Crippen molar-refractivity contribution < 1.29 is 4.74 Å². The maximum absolute atomic E-state index is 5.24. The molecule has 0 saturated heterocycles. The van der Waals surface area contributed by atoms with Crippen molar-refractivity contribution in [2.75, 3.05) is 13.7 Å². The summed E-state index contributed by atoms with van der Waals surface area (Å²) in [6.07, 6.45) is 3.16. The molecule has 1 aromatic carbocycles. The molecule has 2 heterocycles. The van der Waals surface area contributed by atoms with Gasteiger partial charge in [-0.05, 0) is 0 Å². The van der Waals surface area contributed by atoms with Gasteiger partial charge in [0.25, 0.3) is 0 Å². The van der Waals surface area contributed by atoms with Gasteiger partial charge in [0.05, 0.1) is 0 Å². The summed E-state index contributed by atoms with van der Waals surface area (Å²) in [4.78, 5) is 14.7. The standard InChI is InChI=1S/C16H17N2O.3CH3.Sn/c1-19-16-4-2-13(3-5-16)11-18-9-7-14-10-17-8-6-15(14)12-18;;;;/h2-6,8H,7,9,11-12H2,1H3;3*1H3;. The van der Waals surface area contributed by atoms with Crippen molar-refractivity contribution >= 4 is 22.1 Å². The van der Waals surface area contributed by atoms with Crippen molar-refractivity contribution in [3.05, 3.63) is 53.2 Å². The monoisotopic (exact) mass is 418 g/mol. The Kier molecular flexibility index (Phi) is 4.97. The molecule has 3 rings (SSSR count). The number of fused-ring (bicyclic) bond motifs is 1. The van der Waals surface area contributed by atoms with Crippen molar-refractivity contribution in [3.8, 4) is 5.75 Å². The first-order chi connectivity index (χ1) is 11.0. The van der Waals surface area contributed by atoms with Crippen LogP contribution in [0.3, 0.4) is 0 Å². The van der Waals surface area contributed by atoms with Crippen LogP contribution in [0.1, 0.15) is 16.7 Å². The third-order valence-corrected chi connectivity index (χ3v) is 9.79. The summed E-state index contributed by atoms with van der Waals surface area (Å²) in [5.41, 5.74) is 4.39. The SMILES string of the molecule is COc1ccc(CN2CCc3c(ccn[c]3[Sn]([CH3])([CH3])[CH3])C2)cc1. The molecule has 0 fully saturated rings. The number of hydrogen-bond acceptors (Lipinski definition) is 3. The summed E-state index contributed by atoms with van der Waals surface area (Å²) in [6.45, 7) is 3.17. The van der Waals surface area contributed by atoms with Crippen molar-refractivity contribution in [2.24, 2.45) is 0 Å². The fourth-order valence-electron chi connectivity index (χ4n) is 3.32. The summed E-state index contributed by atoms with van der Waals surface area (Å²) >= 11 is -2.12. The number of aromatic nitrogens is 1. The van der Waals surface area contributed by atoms with Gasteiger partial charge in [0.15, 0.2) is 0 Å². The van der Waals surface area contributed by atoms with E-state index in [1.165, 1.54) is 14.8 Å². The zero-order chi connectivity index (χ0) is 16.4. The van der Waals surface area contributed by atoms with E-state index in [4.69, 9.17) is 9.72 Å². The fourth-order valence-corrected chi connectivity index (χ4v) is 8.04. The van der Waals surface area contributed by atoms with Gasteiger partial charge in [-0.3, -0.25) is 0 Å². The molecule has 1 aliphatic rings. The number of ether oxygens (including phenoxy) is 1. The van der Waals surface area contributed by atoms with Crippen LogP contribution in [0.5, 0.6) is 5.75 Å². The molecule has 3 nitrogen and oxygen atoms in total. The molecular weight excluding hydrogens is 391 g/mol. The first-order valence-electron chi connectivity index (χ1n) is 8.30. The average molecular weight is 417 g/mol. The minimum atomic E-state index is -2.12. The topological polar surface area (TPSA) is 25.4 Å². The van der Waals surface area contributed by atoms with Gasteiger partial charge in [0.2, 0.25) is 0 Å². The normalized spacial score (nSPS) is 15.3. The van der Waals surface area contributed by atoms with E-state index in [-0.39, 0.29) is 0 Å². The minimum absolute atomic E-state index is 0.922. The molecule has 0 radical (unpaired) electrons. The quantitative estimate of drug-likeness (QED) is 0.715. The Bertz CT molecular complexity index is 677. The van der Waals surface area contributed by atoms with Crippen molar-refractivity contribution in [1.29, 1.82) is 0 Å². The van der Waals surface area contributed by atoms with E-state index in [0.29, 0.717) is 0 Å². The van der Waals surface area contributed by atoms with E-state index in [9.17, 15) is 0 Å². The first kappa shape index (κ1) is 16.8. The summed E-state index contributed by atoms with van der Waals surface area (Å²) in [6, 6.07) is 10.6. The van der Waals surface area contributed by atoms with Crippen LogP contribution in [0, 0.1) is 0 Å². The van der Waals surface area contributed by atoms with E-state index >= 15 is 0 Å². The molecular formula is C19H26N2OSn. The van der Waals surface area contributed by atoms with Crippen LogP contribution in [0.4, 0.5) is 0 Å². The Morgan fingerprint density at radius 3 is 2.52 bits per heavy atom. The van der Waals surface area contributed by atoms with Crippen molar-refractivity contribution in [2.45, 2.75) is 34.3 Å². The molecule has 0 bridgehead atoms. The number of rotatable bonds is 4. The summed E-state index contributed by atoms with van der Waals surface area (Å²) in [5, 5.41) is 0. The zero-order valence-corrected chi connectivity index (χ0v) is 17.4. The van der Waals surface area contributed by atoms with Crippen molar-refractivity contribution in [3.63, 3.8) is 0 Å². The van der Waals surface area contributed by atoms with Gasteiger partial charge in [-0.15, -0.1) is 0 Å². The van der Waals surface area contributed by atoms with E-state index < -0.39 is 18.4 Å². The second kappa shape index (κ2) is 6.81. The predicted octanol–water partition coefficient (Wildman–Crippen LogP) is 3.19. The van der Waals surface area contributed by atoms with E-state index in [2.05, 4.69) is 37.9 Å². The molecule has 122 valence electrons. The molecule has 0 unspecified atom stereocenters. The van der Waals surface area contributed by atoms with Crippen LogP contribution < -0.4 is 8.45 Å². The number of pyridine rings is 1. The van der Waals surface area contributed by atoms with Gasteiger partial charge >= 0.3 is 144 Å². The molecule has 0 spiro atoms. The second-order valence-electron chi connectivity index (χ2n) is 7.36. The predicted molar refractivity (Wildman–Crippen MR) is 98.0 cm³/mol. The average Bonchev–Trinajstić information content (AvgIpc) is 2.54. The van der Waals surface area contributed by atoms with Crippen LogP contribution in [0.15, 0.2) is 36.5 Å². The zero-order valence-electron chi connectivity index (χ0n) is 14.6. The van der Waals surface area contributed by atoms with E-state index in [1.54, 1.807) is 12.7 Å². The van der Waals surface area contributed by atoms with E-state index in [0.717, 1.165) is 31.8 Å². The van der Waals surface area contributed by atoms with Gasteiger partial charge in [0.1, 0.15) is 0 Å². The van der Waals surface area contributed by atoms with Gasteiger partial charge < -0.3 is 0 Å². The van der Waals surface area contributed by atoms with Gasteiger partial charge in [-0.25, -0.2) is 0 Å². The molecule has 4 heteroatoms.